The van der Waals surface area contributed by atoms with E-state index in [1.165, 1.54) is 0 Å². The average Bonchev–Trinajstić information content (AvgIpc) is 2.66. The summed E-state index contributed by atoms with van der Waals surface area (Å²) in [7, 11) is 0. The van der Waals surface area contributed by atoms with Gasteiger partial charge in [0.05, 0.1) is 6.61 Å². The highest BCUT2D eigenvalue weighted by Gasteiger charge is 2.22. The molecule has 0 aromatic rings. The second-order valence-corrected chi connectivity index (χ2v) is 4.40. The molecule has 0 bridgehead atoms. The summed E-state index contributed by atoms with van der Waals surface area (Å²) in [5, 5.41) is 22.1. The van der Waals surface area contributed by atoms with Crippen molar-refractivity contribution in [3.63, 3.8) is 0 Å². The molecule has 2 atom stereocenters. The van der Waals surface area contributed by atoms with Crippen LogP contribution in [0.15, 0.2) is 0 Å². The van der Waals surface area contributed by atoms with Crippen LogP contribution in [0.3, 0.4) is 0 Å². The van der Waals surface area contributed by atoms with Crippen molar-refractivity contribution in [1.82, 2.24) is 10.6 Å². The molecule has 0 saturated carbocycles. The molecule has 1 fully saturated rings. The van der Waals surface area contributed by atoms with Gasteiger partial charge in [0.2, 0.25) is 0 Å². The second kappa shape index (κ2) is 5.82. The minimum Gasteiger partial charge on any atom is -0.480 e. The Labute approximate surface area is 91.4 Å². The number of nitrogens with one attached hydrogen (secondary N) is 2. The summed E-state index contributed by atoms with van der Waals surface area (Å²) in [6, 6.07) is -1.67. The van der Waals surface area contributed by atoms with Crippen molar-refractivity contribution >= 4 is 23.8 Å². The first kappa shape index (κ1) is 12.1. The molecule has 0 radical (unpaired) electrons. The highest BCUT2D eigenvalue weighted by atomic mass is 32.2. The van der Waals surface area contributed by atoms with E-state index >= 15 is 0 Å². The van der Waals surface area contributed by atoms with Gasteiger partial charge < -0.3 is 20.8 Å². The molecular weight excluding hydrogens is 220 g/mol. The van der Waals surface area contributed by atoms with Gasteiger partial charge in [-0.15, -0.1) is 0 Å². The molecule has 1 saturated heterocycles. The lowest BCUT2D eigenvalue weighted by atomic mass is 10.3. The Morgan fingerprint density at radius 1 is 1.53 bits per heavy atom. The number of urea groups is 1. The molecule has 15 heavy (non-hydrogen) atoms. The van der Waals surface area contributed by atoms with Crippen molar-refractivity contribution in [3.05, 3.63) is 0 Å². The predicted octanol–water partition coefficient (Wildman–Crippen LogP) is -0.763. The molecule has 2 amide bonds. The zero-order chi connectivity index (χ0) is 11.3. The second-order valence-electron chi connectivity index (χ2n) is 3.25. The van der Waals surface area contributed by atoms with E-state index in [1.807, 2.05) is 0 Å². The first-order valence-corrected chi connectivity index (χ1v) is 5.77. The van der Waals surface area contributed by atoms with Gasteiger partial charge in [-0.05, 0) is 12.2 Å². The monoisotopic (exact) mass is 234 g/mol. The van der Waals surface area contributed by atoms with Crippen LogP contribution in [0.1, 0.15) is 6.42 Å². The molecule has 0 aromatic carbocycles. The molecule has 0 aliphatic carbocycles. The molecule has 2 unspecified atom stereocenters. The van der Waals surface area contributed by atoms with Crippen LogP contribution in [0.25, 0.3) is 0 Å². The third kappa shape index (κ3) is 3.96. The van der Waals surface area contributed by atoms with Crippen LogP contribution < -0.4 is 10.6 Å². The molecule has 1 heterocycles. The number of thioether (sulfide) groups is 1. The average molecular weight is 234 g/mol. The molecular formula is C8H14N2O4S. The molecule has 1 aliphatic rings. The number of carbonyl (C=O) groups is 2. The third-order valence-electron chi connectivity index (χ3n) is 2.05. The molecule has 0 aromatic heterocycles. The lowest BCUT2D eigenvalue weighted by Gasteiger charge is -2.15. The van der Waals surface area contributed by atoms with Gasteiger partial charge in [-0.25, -0.2) is 9.59 Å². The molecule has 6 nitrogen and oxygen atoms in total. The zero-order valence-electron chi connectivity index (χ0n) is 8.10. The van der Waals surface area contributed by atoms with E-state index in [4.69, 9.17) is 10.2 Å². The first-order valence-electron chi connectivity index (χ1n) is 4.62. The Kier molecular flexibility index (Phi) is 4.70. The van der Waals surface area contributed by atoms with Crippen molar-refractivity contribution in [2.24, 2.45) is 0 Å². The summed E-state index contributed by atoms with van der Waals surface area (Å²) >= 11 is 1.75. The lowest BCUT2D eigenvalue weighted by Crippen LogP contribution is -2.50. The van der Waals surface area contributed by atoms with Crippen molar-refractivity contribution in [3.8, 4) is 0 Å². The highest BCUT2D eigenvalue weighted by Crippen LogP contribution is 2.16. The van der Waals surface area contributed by atoms with Gasteiger partial charge in [-0.3, -0.25) is 0 Å². The van der Waals surface area contributed by atoms with E-state index in [2.05, 4.69) is 10.6 Å². The van der Waals surface area contributed by atoms with Gasteiger partial charge >= 0.3 is 12.0 Å². The van der Waals surface area contributed by atoms with E-state index in [0.29, 0.717) is 0 Å². The molecule has 1 aliphatic heterocycles. The number of hydrogen-bond donors (Lipinski definition) is 4. The van der Waals surface area contributed by atoms with Crippen LogP contribution in [0, 0.1) is 0 Å². The zero-order valence-corrected chi connectivity index (χ0v) is 8.92. The third-order valence-corrected chi connectivity index (χ3v) is 3.21. The fraction of sp³-hybridized carbons (Fsp3) is 0.750. The van der Waals surface area contributed by atoms with Gasteiger partial charge in [0.25, 0.3) is 0 Å². The Morgan fingerprint density at radius 2 is 2.27 bits per heavy atom. The Bertz CT molecular complexity index is 243. The maximum absolute atomic E-state index is 11.3. The summed E-state index contributed by atoms with van der Waals surface area (Å²) in [6.07, 6.45) is 0.898. The molecule has 86 valence electrons. The smallest absolute Gasteiger partial charge is 0.328 e. The summed E-state index contributed by atoms with van der Waals surface area (Å²) < 4.78 is 0. The predicted molar refractivity (Wildman–Crippen MR) is 55.9 cm³/mol. The summed E-state index contributed by atoms with van der Waals surface area (Å²) in [5.41, 5.74) is 0. The van der Waals surface area contributed by atoms with Crippen molar-refractivity contribution < 1.29 is 19.8 Å². The maximum Gasteiger partial charge on any atom is 0.328 e. The number of carboxylic acid groups (broad SMARTS) is 1. The molecule has 7 heteroatoms. The fourth-order valence-corrected chi connectivity index (χ4v) is 2.37. The standard InChI is InChI=1S/C8H14N2O4S/c11-3-6(7(12)13)10-8(14)9-5-1-2-15-4-5/h5-6,11H,1-4H2,(H,12,13)(H2,9,10,14). The number of amides is 2. The lowest BCUT2D eigenvalue weighted by molar-refractivity contribution is -0.140. The fourth-order valence-electron chi connectivity index (χ4n) is 1.22. The number of aliphatic hydroxyl groups excluding tert-OH is 1. The van der Waals surface area contributed by atoms with Crippen LogP contribution in [-0.4, -0.2) is 52.4 Å². The van der Waals surface area contributed by atoms with E-state index < -0.39 is 24.6 Å². The van der Waals surface area contributed by atoms with E-state index in [0.717, 1.165) is 17.9 Å². The Hall–Kier alpha value is -0.950. The van der Waals surface area contributed by atoms with E-state index in [9.17, 15) is 9.59 Å². The van der Waals surface area contributed by atoms with Crippen LogP contribution in [-0.2, 0) is 4.79 Å². The van der Waals surface area contributed by atoms with Gasteiger partial charge in [0.15, 0.2) is 6.04 Å². The van der Waals surface area contributed by atoms with Crippen molar-refractivity contribution in [2.45, 2.75) is 18.5 Å². The number of carbonyl (C=O) groups excluding carboxylic acids is 1. The molecule has 4 N–H and O–H groups in total. The SMILES string of the molecule is O=C(NC1CCSC1)NC(CO)C(=O)O. The minimum atomic E-state index is -1.24. The minimum absolute atomic E-state index is 0.100. The number of hydrogen-bond acceptors (Lipinski definition) is 4. The van der Waals surface area contributed by atoms with Crippen molar-refractivity contribution in [2.75, 3.05) is 18.1 Å². The van der Waals surface area contributed by atoms with Crippen LogP contribution in [0.2, 0.25) is 0 Å². The Balaban J connectivity index is 2.30. The van der Waals surface area contributed by atoms with Gasteiger partial charge in [0, 0.05) is 11.8 Å². The van der Waals surface area contributed by atoms with Gasteiger partial charge in [-0.2, -0.15) is 11.8 Å². The van der Waals surface area contributed by atoms with Crippen LogP contribution >= 0.6 is 11.8 Å². The summed E-state index contributed by atoms with van der Waals surface area (Å²) in [5.74, 6) is 0.617. The van der Waals surface area contributed by atoms with Gasteiger partial charge in [-0.1, -0.05) is 0 Å². The number of aliphatic carboxylic acids is 1. The Morgan fingerprint density at radius 3 is 2.73 bits per heavy atom. The van der Waals surface area contributed by atoms with Gasteiger partial charge in [0.1, 0.15) is 0 Å². The number of rotatable bonds is 4. The van der Waals surface area contributed by atoms with E-state index in [-0.39, 0.29) is 6.04 Å². The molecule has 0 spiro atoms. The highest BCUT2D eigenvalue weighted by molar-refractivity contribution is 7.99. The maximum atomic E-state index is 11.3. The number of aliphatic hydroxyl groups is 1. The summed E-state index contributed by atoms with van der Waals surface area (Å²) in [4.78, 5) is 21.8. The molecule has 1 rings (SSSR count). The van der Waals surface area contributed by atoms with Crippen molar-refractivity contribution in [1.29, 1.82) is 0 Å². The summed E-state index contributed by atoms with van der Waals surface area (Å²) in [6.45, 7) is -0.609. The number of carboxylic acids is 1. The van der Waals surface area contributed by atoms with E-state index in [1.54, 1.807) is 11.8 Å². The van der Waals surface area contributed by atoms with Crippen LogP contribution in [0.5, 0.6) is 0 Å². The largest absolute Gasteiger partial charge is 0.480 e. The topological polar surface area (TPSA) is 98.7 Å². The first-order chi connectivity index (χ1) is 7.13. The van der Waals surface area contributed by atoms with Crippen LogP contribution in [0.4, 0.5) is 4.79 Å². The normalized spacial score (nSPS) is 22.1. The quantitative estimate of drug-likeness (QED) is 0.512.